The Morgan fingerprint density at radius 1 is 0.636 bits per heavy atom. The van der Waals surface area contributed by atoms with Gasteiger partial charge in [0.25, 0.3) is 0 Å². The predicted octanol–water partition coefficient (Wildman–Crippen LogP) is 9.30. The number of hydrogen-bond acceptors (Lipinski definition) is 0. The Morgan fingerprint density at radius 2 is 1.21 bits per heavy atom. The van der Waals surface area contributed by atoms with Crippen molar-refractivity contribution in [1.29, 1.82) is 0 Å². The van der Waals surface area contributed by atoms with Crippen LogP contribution in [-0.2, 0) is 0 Å². The Morgan fingerprint density at radius 3 is 1.82 bits per heavy atom. The van der Waals surface area contributed by atoms with E-state index in [2.05, 4.69) is 109 Å². The maximum atomic E-state index is 2.50. The van der Waals surface area contributed by atoms with Crippen molar-refractivity contribution >= 4 is 38.1 Å². The molecule has 0 bridgehead atoms. The van der Waals surface area contributed by atoms with Crippen molar-refractivity contribution in [2.45, 2.75) is 51.4 Å². The molecule has 0 saturated carbocycles. The largest absolute Gasteiger partial charge is 0.308 e. The molecule has 6 rings (SSSR count). The molecule has 2 heterocycles. The summed E-state index contributed by atoms with van der Waals surface area (Å²) >= 11 is 0. The zero-order valence-corrected chi connectivity index (χ0v) is 19.6. The molecule has 1 nitrogen and oxygen atoms in total. The summed E-state index contributed by atoms with van der Waals surface area (Å²) in [6, 6.07) is 33.8. The van der Waals surface area contributed by atoms with Crippen LogP contribution >= 0.6 is 0 Å². The Bertz CT molecular complexity index is 1460. The van der Waals surface area contributed by atoms with E-state index in [1.54, 1.807) is 0 Å². The second kappa shape index (κ2) is 8.23. The molecule has 0 spiro atoms. The van der Waals surface area contributed by atoms with Crippen molar-refractivity contribution in [2.24, 2.45) is 0 Å². The fraction of sp³-hybridized carbons (Fsp3) is 0.250. The topological polar surface area (TPSA) is 4.41 Å². The first-order chi connectivity index (χ1) is 16.3. The summed E-state index contributed by atoms with van der Waals surface area (Å²) < 4.78 is 2.47. The summed E-state index contributed by atoms with van der Waals surface area (Å²) in [5, 5.41) is 5.56. The van der Waals surface area contributed by atoms with Crippen molar-refractivity contribution in [1.82, 2.24) is 4.40 Å². The molecule has 0 fully saturated rings. The minimum atomic E-state index is 0.600. The normalized spacial score (nSPS) is 14.0. The van der Waals surface area contributed by atoms with E-state index < -0.39 is 0 Å². The van der Waals surface area contributed by atoms with Gasteiger partial charge in [-0.15, -0.1) is 0 Å². The van der Waals surface area contributed by atoms with Crippen molar-refractivity contribution in [3.8, 4) is 0 Å². The highest BCUT2D eigenvalue weighted by atomic mass is 14.9. The Balaban J connectivity index is 1.39. The van der Waals surface area contributed by atoms with E-state index in [0.717, 1.165) is 0 Å². The smallest absolute Gasteiger partial charge is 0.0620 e. The van der Waals surface area contributed by atoms with E-state index in [9.17, 15) is 0 Å². The molecule has 6 aromatic rings. The number of para-hydroxylation sites is 2. The third-order valence-electron chi connectivity index (χ3n) is 7.75. The summed E-state index contributed by atoms with van der Waals surface area (Å²) in [6.45, 7) is 4.72. The van der Waals surface area contributed by atoms with Crippen LogP contribution in [0, 0.1) is 0 Å². The molecule has 0 radical (unpaired) electrons. The van der Waals surface area contributed by atoms with Gasteiger partial charge in [-0.3, -0.25) is 0 Å². The fourth-order valence-corrected chi connectivity index (χ4v) is 5.93. The minimum Gasteiger partial charge on any atom is -0.308 e. The molecule has 164 valence electrons. The number of aromatic nitrogens is 1. The first kappa shape index (κ1) is 20.3. The SMILES string of the molecule is CCC(CCCC(C)c1ccccc1)c1cc2c3ccccc3n3c4ccccc4c(c1)c23. The third-order valence-corrected chi connectivity index (χ3v) is 7.75. The minimum absolute atomic E-state index is 0.600. The van der Waals surface area contributed by atoms with Crippen molar-refractivity contribution in [3.63, 3.8) is 0 Å². The molecule has 0 N–H and O–H groups in total. The Hall–Kier alpha value is -3.32. The molecular weight excluding hydrogens is 398 g/mol. The van der Waals surface area contributed by atoms with Crippen LogP contribution in [0.3, 0.4) is 0 Å². The lowest BCUT2D eigenvalue weighted by atomic mass is 9.87. The van der Waals surface area contributed by atoms with Crippen LogP contribution in [0.25, 0.3) is 38.1 Å². The van der Waals surface area contributed by atoms with Crippen LogP contribution in [0.1, 0.15) is 62.5 Å². The van der Waals surface area contributed by atoms with E-state index >= 15 is 0 Å². The second-order valence-electron chi connectivity index (χ2n) is 9.68. The first-order valence-corrected chi connectivity index (χ1v) is 12.5. The van der Waals surface area contributed by atoms with Gasteiger partial charge in [0.1, 0.15) is 0 Å². The van der Waals surface area contributed by atoms with Gasteiger partial charge in [0, 0.05) is 21.5 Å². The van der Waals surface area contributed by atoms with Gasteiger partial charge < -0.3 is 4.40 Å². The van der Waals surface area contributed by atoms with Gasteiger partial charge in [0.2, 0.25) is 0 Å². The van der Waals surface area contributed by atoms with Crippen LogP contribution in [-0.4, -0.2) is 4.40 Å². The maximum Gasteiger partial charge on any atom is 0.0620 e. The summed E-state index contributed by atoms with van der Waals surface area (Å²) in [7, 11) is 0. The zero-order valence-electron chi connectivity index (χ0n) is 19.6. The van der Waals surface area contributed by atoms with Gasteiger partial charge in [-0.2, -0.15) is 0 Å². The van der Waals surface area contributed by atoms with Gasteiger partial charge in [-0.25, -0.2) is 0 Å². The molecule has 2 aromatic heterocycles. The summed E-state index contributed by atoms with van der Waals surface area (Å²) in [6.07, 6.45) is 4.95. The standard InChI is InChI=1S/C32H31N/c1-3-23(15-11-12-22(2)24-13-5-4-6-14-24)25-20-28-26-16-7-9-18-30(26)33-31-19-10-8-17-27(31)29(21-25)32(28)33/h4-10,13-14,16-23H,3,11-12,15H2,1-2H3. The summed E-state index contributed by atoms with van der Waals surface area (Å²) in [5.41, 5.74) is 6.99. The predicted molar refractivity (Wildman–Crippen MR) is 143 cm³/mol. The lowest BCUT2D eigenvalue weighted by Crippen LogP contribution is -2.00. The van der Waals surface area contributed by atoms with Crippen LogP contribution in [0.15, 0.2) is 91.0 Å². The lowest BCUT2D eigenvalue weighted by molar-refractivity contribution is 0.530. The van der Waals surface area contributed by atoms with E-state index in [-0.39, 0.29) is 0 Å². The molecule has 0 aliphatic heterocycles. The average molecular weight is 430 g/mol. The molecule has 0 aliphatic carbocycles. The van der Waals surface area contributed by atoms with Crippen LogP contribution in [0.5, 0.6) is 0 Å². The molecule has 0 amide bonds. The summed E-state index contributed by atoms with van der Waals surface area (Å²) in [4.78, 5) is 0. The first-order valence-electron chi connectivity index (χ1n) is 12.5. The van der Waals surface area contributed by atoms with E-state index in [1.165, 1.54) is 74.9 Å². The fourth-order valence-electron chi connectivity index (χ4n) is 5.93. The number of benzene rings is 4. The number of hydrogen-bond donors (Lipinski definition) is 0. The highest BCUT2D eigenvalue weighted by Crippen LogP contribution is 2.41. The molecule has 0 aliphatic rings. The average Bonchev–Trinajstić information content (AvgIpc) is 3.38. The quantitative estimate of drug-likeness (QED) is 0.238. The molecule has 1 heteroatoms. The van der Waals surface area contributed by atoms with Crippen LogP contribution < -0.4 is 0 Å². The highest BCUT2D eigenvalue weighted by molar-refractivity contribution is 6.23. The van der Waals surface area contributed by atoms with E-state index in [4.69, 9.17) is 0 Å². The zero-order chi connectivity index (χ0) is 22.4. The molecule has 33 heavy (non-hydrogen) atoms. The molecule has 4 aromatic carbocycles. The van der Waals surface area contributed by atoms with Gasteiger partial charge in [-0.1, -0.05) is 87.0 Å². The monoisotopic (exact) mass is 429 g/mol. The van der Waals surface area contributed by atoms with Crippen LogP contribution in [0.2, 0.25) is 0 Å². The van der Waals surface area contributed by atoms with Gasteiger partial charge >= 0.3 is 0 Å². The van der Waals surface area contributed by atoms with Gasteiger partial charge in [0.05, 0.1) is 16.6 Å². The molecular formula is C32H31N. The molecule has 2 atom stereocenters. The molecule has 0 saturated heterocycles. The van der Waals surface area contributed by atoms with Gasteiger partial charge in [0.15, 0.2) is 0 Å². The van der Waals surface area contributed by atoms with Crippen LogP contribution in [0.4, 0.5) is 0 Å². The Labute approximate surface area is 196 Å². The van der Waals surface area contributed by atoms with Crippen molar-refractivity contribution in [3.05, 3.63) is 102 Å². The van der Waals surface area contributed by atoms with Gasteiger partial charge in [-0.05, 0) is 66.5 Å². The number of nitrogens with zero attached hydrogens (tertiary/aromatic N) is 1. The maximum absolute atomic E-state index is 2.50. The molecule has 2 unspecified atom stereocenters. The second-order valence-corrected chi connectivity index (χ2v) is 9.68. The van der Waals surface area contributed by atoms with Crippen molar-refractivity contribution < 1.29 is 0 Å². The van der Waals surface area contributed by atoms with E-state index in [1.807, 2.05) is 0 Å². The number of rotatable bonds is 7. The number of fused-ring (bicyclic) bond motifs is 6. The Kier molecular flexibility index (Phi) is 5.06. The lowest BCUT2D eigenvalue weighted by Gasteiger charge is -2.18. The third kappa shape index (κ3) is 3.30. The summed E-state index contributed by atoms with van der Waals surface area (Å²) in [5.74, 6) is 1.22. The highest BCUT2D eigenvalue weighted by Gasteiger charge is 2.20. The van der Waals surface area contributed by atoms with E-state index in [0.29, 0.717) is 11.8 Å². The van der Waals surface area contributed by atoms with Crippen molar-refractivity contribution in [2.75, 3.05) is 0 Å².